The van der Waals surface area contributed by atoms with Crippen LogP contribution in [0.25, 0.3) is 0 Å². The second kappa shape index (κ2) is 9.72. The van der Waals surface area contributed by atoms with Crippen LogP contribution in [-0.2, 0) is 29.1 Å². The lowest BCUT2D eigenvalue weighted by molar-refractivity contribution is -0.159. The number of amides is 1. The number of hydrogen-bond donors (Lipinski definition) is 1. The Kier molecular flexibility index (Phi) is 7.56. The molecule has 2 aliphatic rings. The average Bonchev–Trinajstić information content (AvgIpc) is 2.92. The van der Waals surface area contributed by atoms with E-state index in [4.69, 9.17) is 32.7 Å². The lowest BCUT2D eigenvalue weighted by Crippen LogP contribution is -2.52. The maximum atomic E-state index is 13.2. The number of carbonyl (C=O) groups excluding carboxylic acids is 2. The van der Waals surface area contributed by atoms with Crippen LogP contribution in [0, 0.1) is 11.8 Å². The summed E-state index contributed by atoms with van der Waals surface area (Å²) in [6.45, 7) is 7.10. The van der Waals surface area contributed by atoms with Crippen LogP contribution in [0.4, 0.5) is 0 Å². The number of aliphatic carboxylic acids is 1. The molecule has 9 nitrogen and oxygen atoms in total. The fraction of sp³-hybridized carbons (Fsp3) is 0.458. The second-order valence-electron chi connectivity index (χ2n) is 9.79. The molecular formula is C24H27Cl2NO8S. The zero-order chi connectivity index (χ0) is 27.2. The van der Waals surface area contributed by atoms with Gasteiger partial charge in [0.05, 0.1) is 12.1 Å². The minimum Gasteiger partial charge on any atom is -0.484 e. The minimum atomic E-state index is -4.34. The number of rotatable bonds is 7. The number of allylic oxidation sites excluding steroid dienone is 2. The third-order valence-electron chi connectivity index (χ3n) is 5.58. The van der Waals surface area contributed by atoms with Crippen molar-refractivity contribution in [2.45, 2.75) is 50.0 Å². The van der Waals surface area contributed by atoms with Gasteiger partial charge in [-0.25, -0.2) is 17.5 Å². The van der Waals surface area contributed by atoms with Crippen LogP contribution in [0.5, 0.6) is 0 Å². The van der Waals surface area contributed by atoms with E-state index in [1.807, 2.05) is 0 Å². The molecule has 0 aromatic heterocycles. The van der Waals surface area contributed by atoms with Crippen molar-refractivity contribution in [3.8, 4) is 0 Å². The average molecular weight is 560 g/mol. The molecule has 3 rings (SSSR count). The van der Waals surface area contributed by atoms with Gasteiger partial charge in [0.1, 0.15) is 27.0 Å². The first kappa shape index (κ1) is 28.0. The number of sulfonamides is 1. The van der Waals surface area contributed by atoms with Crippen LogP contribution in [-0.4, -0.2) is 59.3 Å². The summed E-state index contributed by atoms with van der Waals surface area (Å²) in [4.78, 5) is 35.4. The Labute approximate surface area is 219 Å². The van der Waals surface area contributed by atoms with Crippen molar-refractivity contribution in [3.05, 3.63) is 52.3 Å². The number of carbonyl (C=O) groups is 3. The Morgan fingerprint density at radius 2 is 1.83 bits per heavy atom. The molecule has 0 saturated heterocycles. The molecule has 0 saturated carbocycles. The van der Waals surface area contributed by atoms with Crippen LogP contribution < -0.4 is 0 Å². The zero-order valence-corrected chi connectivity index (χ0v) is 22.7. The fourth-order valence-corrected chi connectivity index (χ4v) is 6.72. The van der Waals surface area contributed by atoms with Gasteiger partial charge in [-0.1, -0.05) is 37.6 Å². The number of carboxylic acid groups (broad SMARTS) is 1. The van der Waals surface area contributed by atoms with Gasteiger partial charge in [-0.15, -0.1) is 11.6 Å². The number of nitrogens with zero attached hydrogens (tertiary/aromatic N) is 1. The summed E-state index contributed by atoms with van der Waals surface area (Å²) in [5.74, 6) is -5.23. The predicted octanol–water partition coefficient (Wildman–Crippen LogP) is 3.91. The van der Waals surface area contributed by atoms with Crippen molar-refractivity contribution in [1.29, 1.82) is 0 Å². The van der Waals surface area contributed by atoms with Gasteiger partial charge < -0.3 is 14.6 Å². The molecule has 1 aliphatic carbocycles. The molecule has 196 valence electrons. The highest BCUT2D eigenvalue weighted by molar-refractivity contribution is 7.90. The second-order valence-corrected chi connectivity index (χ2v) is 12.7. The van der Waals surface area contributed by atoms with Gasteiger partial charge in [0.2, 0.25) is 0 Å². The molecule has 1 aromatic carbocycles. The third kappa shape index (κ3) is 5.12. The van der Waals surface area contributed by atoms with Gasteiger partial charge >= 0.3 is 11.9 Å². The van der Waals surface area contributed by atoms with E-state index in [1.165, 1.54) is 30.3 Å². The first-order valence-corrected chi connectivity index (χ1v) is 13.2. The highest BCUT2D eigenvalue weighted by atomic mass is 35.5. The van der Waals surface area contributed by atoms with Crippen LogP contribution in [0.2, 0.25) is 0 Å². The Balaban J connectivity index is 2.12. The number of carboxylic acids is 1. The molecule has 1 amide bonds. The molecule has 1 aliphatic heterocycles. The molecule has 12 heteroatoms. The molecule has 1 heterocycles. The number of hydrogen-bond acceptors (Lipinski definition) is 7. The predicted molar refractivity (Wildman–Crippen MR) is 132 cm³/mol. The number of benzene rings is 1. The van der Waals surface area contributed by atoms with E-state index in [0.29, 0.717) is 9.88 Å². The topological polar surface area (TPSA) is 127 Å². The molecule has 0 fully saturated rings. The summed E-state index contributed by atoms with van der Waals surface area (Å²) in [7, 11) is -4.34. The van der Waals surface area contributed by atoms with Gasteiger partial charge in [0, 0.05) is 5.03 Å². The maximum absolute atomic E-state index is 13.2. The van der Waals surface area contributed by atoms with Gasteiger partial charge in [0.15, 0.2) is 6.61 Å². The minimum absolute atomic E-state index is 0.0635. The maximum Gasteiger partial charge on any atom is 0.344 e. The van der Waals surface area contributed by atoms with Crippen LogP contribution in [0.15, 0.2) is 51.6 Å². The van der Waals surface area contributed by atoms with Crippen LogP contribution in [0.3, 0.4) is 0 Å². The Morgan fingerprint density at radius 3 is 2.36 bits per heavy atom. The number of alkyl halides is 1. The Morgan fingerprint density at radius 1 is 1.22 bits per heavy atom. The van der Waals surface area contributed by atoms with E-state index in [2.05, 4.69) is 0 Å². The molecule has 1 aromatic rings. The zero-order valence-electron chi connectivity index (χ0n) is 20.4. The van der Waals surface area contributed by atoms with Crippen molar-refractivity contribution < 1.29 is 37.4 Å². The standard InChI is InChI=1S/C24H27Cl2NO8S/c1-13(2)15-10-16(25)19(22(30)31)24(26,20(15)34-11-18(28)35-23(3,4)5)12-27-21(29)14-8-6-7-9-17(14)36(27,32)33/h6-10,13,19H,11-12H2,1-5H3,(H,30,31). The summed E-state index contributed by atoms with van der Waals surface area (Å²) >= 11 is 13.3. The van der Waals surface area contributed by atoms with E-state index in [1.54, 1.807) is 34.6 Å². The van der Waals surface area contributed by atoms with Crippen molar-refractivity contribution >= 4 is 51.1 Å². The highest BCUT2D eigenvalue weighted by Crippen LogP contribution is 2.48. The molecule has 2 unspecified atom stereocenters. The van der Waals surface area contributed by atoms with E-state index >= 15 is 0 Å². The smallest absolute Gasteiger partial charge is 0.344 e. The third-order valence-corrected chi connectivity index (χ3v) is 8.20. The summed E-state index contributed by atoms with van der Waals surface area (Å²) in [6, 6.07) is 5.61. The molecular weight excluding hydrogens is 533 g/mol. The van der Waals surface area contributed by atoms with Gasteiger partial charge in [0.25, 0.3) is 15.9 Å². The largest absolute Gasteiger partial charge is 0.484 e. The quantitative estimate of drug-likeness (QED) is 0.393. The van der Waals surface area contributed by atoms with Gasteiger partial charge in [-0.2, -0.15) is 0 Å². The summed E-state index contributed by atoms with van der Waals surface area (Å²) < 4.78 is 38.0. The summed E-state index contributed by atoms with van der Waals surface area (Å²) in [5.41, 5.74) is -0.515. The molecule has 1 N–H and O–H groups in total. The SMILES string of the molecule is CC(C)C1=C(OCC(=O)OC(C)(C)C)C(Cl)(CN2C(=O)c3ccccc3S2(=O)=O)C(C(=O)O)C(Cl)=C1. The van der Waals surface area contributed by atoms with Crippen molar-refractivity contribution in [1.82, 2.24) is 4.31 Å². The molecule has 36 heavy (non-hydrogen) atoms. The number of esters is 1. The normalized spacial score (nSPS) is 23.4. The number of ether oxygens (including phenoxy) is 2. The van der Waals surface area contributed by atoms with Crippen molar-refractivity contribution in [2.24, 2.45) is 11.8 Å². The van der Waals surface area contributed by atoms with Crippen molar-refractivity contribution in [3.63, 3.8) is 0 Å². The molecule has 0 radical (unpaired) electrons. The fourth-order valence-electron chi connectivity index (χ4n) is 4.09. The van der Waals surface area contributed by atoms with E-state index in [0.717, 1.165) is 0 Å². The van der Waals surface area contributed by atoms with Gasteiger partial charge in [-0.3, -0.25) is 9.59 Å². The van der Waals surface area contributed by atoms with Crippen LogP contribution >= 0.6 is 23.2 Å². The van der Waals surface area contributed by atoms with Crippen LogP contribution in [0.1, 0.15) is 45.0 Å². The van der Waals surface area contributed by atoms with E-state index in [9.17, 15) is 27.9 Å². The molecule has 0 spiro atoms. The lowest BCUT2D eigenvalue weighted by atomic mass is 9.79. The Bertz CT molecular complexity index is 1280. The van der Waals surface area contributed by atoms with Gasteiger partial charge in [-0.05, 0) is 50.5 Å². The first-order valence-electron chi connectivity index (χ1n) is 11.0. The summed E-state index contributed by atoms with van der Waals surface area (Å²) in [6.07, 6.45) is 1.38. The highest BCUT2D eigenvalue weighted by Gasteiger charge is 2.56. The van der Waals surface area contributed by atoms with E-state index in [-0.39, 0.29) is 27.2 Å². The first-order chi connectivity index (χ1) is 16.5. The lowest BCUT2D eigenvalue weighted by Gasteiger charge is -2.40. The number of halogens is 2. The molecule has 2 atom stereocenters. The summed E-state index contributed by atoms with van der Waals surface area (Å²) in [5, 5.41) is 9.85. The van der Waals surface area contributed by atoms with Crippen molar-refractivity contribution in [2.75, 3.05) is 13.2 Å². The monoisotopic (exact) mass is 559 g/mol. The van der Waals surface area contributed by atoms with E-state index < -0.39 is 57.4 Å². The number of fused-ring (bicyclic) bond motifs is 1. The Hall–Kier alpha value is -2.56. The molecule has 0 bridgehead atoms.